The molecule has 1 fully saturated rings. The third-order valence-corrected chi connectivity index (χ3v) is 7.11. The predicted molar refractivity (Wildman–Crippen MR) is 115 cm³/mol. The lowest BCUT2D eigenvalue weighted by Gasteiger charge is -2.26. The van der Waals surface area contributed by atoms with Crippen LogP contribution in [0.4, 0.5) is 14.6 Å². The number of rotatable bonds is 4. The van der Waals surface area contributed by atoms with Gasteiger partial charge in [0.15, 0.2) is 5.65 Å². The minimum atomic E-state index is -2.44. The van der Waals surface area contributed by atoms with Gasteiger partial charge in [-0.3, -0.25) is 0 Å². The van der Waals surface area contributed by atoms with Crippen molar-refractivity contribution >= 4 is 23.9 Å². The Labute approximate surface area is 177 Å². The Bertz CT molecular complexity index is 1330. The molecule has 3 aromatic heterocycles. The van der Waals surface area contributed by atoms with Crippen molar-refractivity contribution in [3.63, 3.8) is 0 Å². The Balaban J connectivity index is 1.55. The summed E-state index contributed by atoms with van der Waals surface area (Å²) < 4.78 is 43.8. The highest BCUT2D eigenvalue weighted by Gasteiger charge is 2.30. The van der Waals surface area contributed by atoms with Crippen molar-refractivity contribution in [2.45, 2.75) is 18.9 Å². The topological polar surface area (TPSA) is 68.3 Å². The van der Waals surface area contributed by atoms with Crippen molar-refractivity contribution in [2.24, 2.45) is 0 Å². The summed E-state index contributed by atoms with van der Waals surface area (Å²) in [5.74, 6) is -0.218. The molecule has 1 saturated heterocycles. The first kappa shape index (κ1) is 19.9. The number of nitrogens with zero attached hydrogens (tertiary/aromatic N) is 6. The van der Waals surface area contributed by atoms with Crippen LogP contribution in [0.5, 0.6) is 0 Å². The van der Waals surface area contributed by atoms with Crippen molar-refractivity contribution in [3.8, 4) is 5.69 Å². The van der Waals surface area contributed by atoms with Crippen LogP contribution >= 0.6 is 7.14 Å². The lowest BCUT2D eigenvalue weighted by molar-refractivity contribution is 0.560. The van der Waals surface area contributed by atoms with E-state index in [1.54, 1.807) is 47.3 Å². The Morgan fingerprint density at radius 3 is 2.74 bits per heavy atom. The van der Waals surface area contributed by atoms with Crippen molar-refractivity contribution < 1.29 is 13.3 Å². The zero-order valence-corrected chi connectivity index (χ0v) is 18.0. The molecule has 0 spiro atoms. The maximum atomic E-state index is 14.4. The van der Waals surface area contributed by atoms with Gasteiger partial charge in [0.2, 0.25) is 0 Å². The molecule has 1 aromatic carbocycles. The molecule has 4 heterocycles. The fourth-order valence-electron chi connectivity index (χ4n) is 4.03. The zero-order chi connectivity index (χ0) is 21.8. The fourth-order valence-corrected chi connectivity index (χ4v) is 4.74. The third-order valence-electron chi connectivity index (χ3n) is 5.64. The van der Waals surface area contributed by atoms with E-state index in [9.17, 15) is 13.3 Å². The molecule has 0 amide bonds. The van der Waals surface area contributed by atoms with Gasteiger partial charge in [-0.2, -0.15) is 10.2 Å². The number of hydrogen-bond acceptors (Lipinski definition) is 5. The molecule has 1 aliphatic heterocycles. The Morgan fingerprint density at radius 2 is 1.97 bits per heavy atom. The van der Waals surface area contributed by atoms with Crippen LogP contribution in [0.3, 0.4) is 0 Å². The molecule has 1 atom stereocenters. The molecule has 31 heavy (non-hydrogen) atoms. The second kappa shape index (κ2) is 7.27. The molecule has 4 aromatic rings. The molecule has 0 N–H and O–H groups in total. The van der Waals surface area contributed by atoms with Gasteiger partial charge < -0.3 is 9.46 Å². The first-order valence-electron chi connectivity index (χ1n) is 9.98. The van der Waals surface area contributed by atoms with E-state index in [0.29, 0.717) is 41.0 Å². The number of benzene rings is 1. The number of fused-ring (bicyclic) bond motifs is 1. The van der Waals surface area contributed by atoms with Gasteiger partial charge in [-0.25, -0.2) is 23.0 Å². The van der Waals surface area contributed by atoms with Crippen molar-refractivity contribution in [2.75, 3.05) is 24.8 Å². The fraction of sp³-hybridized carbons (Fsp3) is 0.286. The van der Waals surface area contributed by atoms with E-state index in [0.717, 1.165) is 12.5 Å². The van der Waals surface area contributed by atoms with Gasteiger partial charge in [0, 0.05) is 29.8 Å². The number of aromatic nitrogens is 5. The van der Waals surface area contributed by atoms with Crippen LogP contribution < -0.4 is 10.2 Å². The van der Waals surface area contributed by atoms with Gasteiger partial charge >= 0.3 is 0 Å². The lowest BCUT2D eigenvalue weighted by atomic mass is 10.0. The average molecular weight is 442 g/mol. The van der Waals surface area contributed by atoms with E-state index in [4.69, 9.17) is 4.98 Å². The first-order chi connectivity index (χ1) is 14.8. The zero-order valence-electron chi connectivity index (χ0n) is 17.1. The monoisotopic (exact) mass is 442 g/mol. The first-order valence-corrected chi connectivity index (χ1v) is 12.6. The van der Waals surface area contributed by atoms with Crippen LogP contribution in [-0.4, -0.2) is 44.3 Å². The molecule has 160 valence electrons. The SMILES string of the molecule is CP(C)(=O)c1cnn(-c2cnn3ccc(N4CCC[C@H]4c4cc(F)ccc4F)nc23)c1. The maximum absolute atomic E-state index is 14.4. The normalized spacial score (nSPS) is 17.0. The van der Waals surface area contributed by atoms with Crippen LogP contribution in [0.2, 0.25) is 0 Å². The minimum absolute atomic E-state index is 0.292. The van der Waals surface area contributed by atoms with Crippen molar-refractivity contribution in [3.05, 3.63) is 66.3 Å². The highest BCUT2D eigenvalue weighted by Crippen LogP contribution is 2.37. The molecule has 7 nitrogen and oxygen atoms in total. The molecule has 0 aliphatic carbocycles. The molecule has 5 rings (SSSR count). The summed E-state index contributed by atoms with van der Waals surface area (Å²) >= 11 is 0. The molecule has 0 saturated carbocycles. The van der Waals surface area contributed by atoms with Gasteiger partial charge in [-0.05, 0) is 50.4 Å². The number of hydrogen-bond donors (Lipinski definition) is 0. The second-order valence-corrected chi connectivity index (χ2v) is 11.3. The lowest BCUT2D eigenvalue weighted by Crippen LogP contribution is -2.24. The van der Waals surface area contributed by atoms with Crippen LogP contribution in [0.1, 0.15) is 24.4 Å². The van der Waals surface area contributed by atoms with Crippen LogP contribution in [0, 0.1) is 11.6 Å². The molecule has 0 bridgehead atoms. The van der Waals surface area contributed by atoms with E-state index >= 15 is 0 Å². The number of halogens is 2. The Hall–Kier alpha value is -3.06. The summed E-state index contributed by atoms with van der Waals surface area (Å²) in [7, 11) is -2.44. The van der Waals surface area contributed by atoms with Crippen LogP contribution in [0.15, 0.2) is 49.1 Å². The predicted octanol–water partition coefficient (Wildman–Crippen LogP) is 3.78. The summed E-state index contributed by atoms with van der Waals surface area (Å²) in [6.45, 7) is 4.08. The van der Waals surface area contributed by atoms with Gasteiger partial charge in [0.05, 0.1) is 18.4 Å². The average Bonchev–Trinajstić information content (AvgIpc) is 3.47. The second-order valence-electron chi connectivity index (χ2n) is 8.09. The quantitative estimate of drug-likeness (QED) is 0.450. The summed E-state index contributed by atoms with van der Waals surface area (Å²) in [5.41, 5.74) is 1.56. The molecule has 0 radical (unpaired) electrons. The Morgan fingerprint density at radius 1 is 1.13 bits per heavy atom. The van der Waals surface area contributed by atoms with Gasteiger partial charge in [0.25, 0.3) is 0 Å². The smallest absolute Gasteiger partial charge is 0.183 e. The Kier molecular flexibility index (Phi) is 4.66. The summed E-state index contributed by atoms with van der Waals surface area (Å²) in [4.78, 5) is 6.77. The molecular formula is C21H21F2N6OP. The van der Waals surface area contributed by atoms with Crippen molar-refractivity contribution in [1.29, 1.82) is 0 Å². The number of anilines is 1. The third kappa shape index (κ3) is 3.53. The summed E-state index contributed by atoms with van der Waals surface area (Å²) in [6.07, 6.45) is 8.32. The van der Waals surface area contributed by atoms with E-state index in [-0.39, 0.29) is 6.04 Å². The highest BCUT2D eigenvalue weighted by atomic mass is 31.2. The molecule has 10 heteroatoms. The van der Waals surface area contributed by atoms with Gasteiger partial charge in [0.1, 0.15) is 30.3 Å². The minimum Gasteiger partial charge on any atom is -0.349 e. The highest BCUT2D eigenvalue weighted by molar-refractivity contribution is 7.70. The summed E-state index contributed by atoms with van der Waals surface area (Å²) in [6, 6.07) is 5.09. The summed E-state index contributed by atoms with van der Waals surface area (Å²) in [5, 5.41) is 9.34. The van der Waals surface area contributed by atoms with Crippen LogP contribution in [-0.2, 0) is 4.57 Å². The van der Waals surface area contributed by atoms with E-state index in [1.165, 1.54) is 12.1 Å². The van der Waals surface area contributed by atoms with Crippen LogP contribution in [0.25, 0.3) is 11.3 Å². The van der Waals surface area contributed by atoms with Gasteiger partial charge in [-0.15, -0.1) is 0 Å². The van der Waals surface area contributed by atoms with Crippen molar-refractivity contribution in [1.82, 2.24) is 24.4 Å². The largest absolute Gasteiger partial charge is 0.349 e. The van der Waals surface area contributed by atoms with E-state index in [2.05, 4.69) is 10.2 Å². The van der Waals surface area contributed by atoms with E-state index < -0.39 is 18.8 Å². The molecular weight excluding hydrogens is 421 g/mol. The van der Waals surface area contributed by atoms with E-state index in [1.807, 2.05) is 11.0 Å². The maximum Gasteiger partial charge on any atom is 0.183 e. The molecule has 0 unspecified atom stereocenters. The standard InChI is InChI=1S/C21H21F2N6OP/c1-31(2,30)15-11-24-29(13-15)19-12-25-28-9-7-20(26-21(19)28)27-8-3-4-18(27)16-10-14(22)5-6-17(16)23/h5-7,9-13,18H,3-4,8H2,1-2H3/t18-/m0/s1. The molecule has 1 aliphatic rings. The van der Waals surface area contributed by atoms with Gasteiger partial charge in [-0.1, -0.05) is 0 Å².